The van der Waals surface area contributed by atoms with Crippen LogP contribution < -0.4 is 4.90 Å². The molecule has 3 aliphatic heterocycles. The average Bonchev–Trinajstić information content (AvgIpc) is 3.24. The van der Waals surface area contributed by atoms with Crippen molar-refractivity contribution >= 4 is 17.6 Å². The van der Waals surface area contributed by atoms with Crippen LogP contribution in [-0.4, -0.2) is 58.9 Å². The molecule has 2 saturated heterocycles. The van der Waals surface area contributed by atoms with E-state index >= 15 is 0 Å². The van der Waals surface area contributed by atoms with E-state index in [4.69, 9.17) is 0 Å². The van der Waals surface area contributed by atoms with E-state index in [9.17, 15) is 9.18 Å². The molecule has 1 aromatic rings. The van der Waals surface area contributed by atoms with Crippen LogP contribution in [0.2, 0.25) is 0 Å². The Kier molecular flexibility index (Phi) is 5.65. The van der Waals surface area contributed by atoms with Gasteiger partial charge in [0.1, 0.15) is 17.2 Å². The number of anilines is 1. The highest BCUT2D eigenvalue weighted by molar-refractivity contribution is 6.16. The number of nitrogens with zero attached hydrogens (tertiary/aromatic N) is 4. The van der Waals surface area contributed by atoms with Crippen molar-refractivity contribution in [2.24, 2.45) is 4.99 Å². The number of piperidine rings is 1. The normalized spacial score (nSPS) is 30.5. The molecule has 158 valence electrons. The Labute approximate surface area is 173 Å². The number of aliphatic imine (C=N–C) groups is 1. The summed E-state index contributed by atoms with van der Waals surface area (Å²) in [5, 5.41) is 0. The van der Waals surface area contributed by atoms with Gasteiger partial charge in [-0.2, -0.15) is 4.99 Å². The fourth-order valence-corrected chi connectivity index (χ4v) is 5.72. The number of benzene rings is 1. The Morgan fingerprint density at radius 1 is 1.28 bits per heavy atom. The summed E-state index contributed by atoms with van der Waals surface area (Å²) in [7, 11) is 0. The predicted molar refractivity (Wildman–Crippen MR) is 115 cm³/mol. The average molecular weight is 401 g/mol. The third-order valence-electron chi connectivity index (χ3n) is 7.05. The van der Waals surface area contributed by atoms with E-state index in [0.717, 1.165) is 64.0 Å². The van der Waals surface area contributed by atoms with Crippen molar-refractivity contribution in [2.75, 3.05) is 24.5 Å². The second kappa shape index (κ2) is 8.05. The molecule has 0 bridgehead atoms. The van der Waals surface area contributed by atoms with Crippen LogP contribution in [0.1, 0.15) is 59.3 Å². The number of rotatable bonds is 4. The minimum absolute atomic E-state index is 0.245. The Balaban J connectivity index is 1.76. The van der Waals surface area contributed by atoms with Crippen LogP contribution in [0.15, 0.2) is 29.3 Å². The first-order valence-electron chi connectivity index (χ1n) is 11.2. The SMILES string of the molecule is CCCC1CCCN1C1=NC(=O)N(c2cccc(F)c2)[C@@]12CCN(CC)[C@@H](C)C2. The Bertz CT molecular complexity index is 797. The number of urea groups is 1. The van der Waals surface area contributed by atoms with E-state index in [1.54, 1.807) is 11.0 Å². The molecule has 1 spiro atoms. The van der Waals surface area contributed by atoms with Gasteiger partial charge in [-0.15, -0.1) is 0 Å². The molecule has 3 aliphatic rings. The van der Waals surface area contributed by atoms with Crippen LogP contribution in [0.25, 0.3) is 0 Å². The van der Waals surface area contributed by atoms with E-state index in [1.165, 1.54) is 12.1 Å². The van der Waals surface area contributed by atoms with Crippen molar-refractivity contribution in [1.82, 2.24) is 9.80 Å². The maximum atomic E-state index is 14.1. The van der Waals surface area contributed by atoms with Crippen LogP contribution in [0.3, 0.4) is 0 Å². The molecule has 0 N–H and O–H groups in total. The maximum Gasteiger partial charge on any atom is 0.350 e. The fraction of sp³-hybridized carbons (Fsp3) is 0.652. The molecule has 1 aromatic carbocycles. The molecule has 0 aromatic heterocycles. The lowest BCUT2D eigenvalue weighted by Crippen LogP contribution is -2.64. The predicted octanol–water partition coefficient (Wildman–Crippen LogP) is 4.67. The first-order chi connectivity index (χ1) is 14.0. The Hall–Kier alpha value is -1.95. The second-order valence-electron chi connectivity index (χ2n) is 8.77. The van der Waals surface area contributed by atoms with Crippen LogP contribution in [-0.2, 0) is 0 Å². The molecule has 2 amide bonds. The molecule has 0 saturated carbocycles. The largest absolute Gasteiger partial charge is 0.355 e. The second-order valence-corrected chi connectivity index (χ2v) is 8.77. The van der Waals surface area contributed by atoms with Crippen molar-refractivity contribution in [1.29, 1.82) is 0 Å². The van der Waals surface area contributed by atoms with E-state index < -0.39 is 5.54 Å². The summed E-state index contributed by atoms with van der Waals surface area (Å²) < 4.78 is 14.1. The van der Waals surface area contributed by atoms with Crippen LogP contribution >= 0.6 is 0 Å². The zero-order valence-corrected chi connectivity index (χ0v) is 17.9. The maximum absolute atomic E-state index is 14.1. The first kappa shape index (κ1) is 20.3. The zero-order valence-electron chi connectivity index (χ0n) is 17.9. The third-order valence-corrected chi connectivity index (χ3v) is 7.05. The molecular formula is C23H33FN4O. The minimum Gasteiger partial charge on any atom is -0.355 e. The number of likely N-dealkylation sites (tertiary alicyclic amines) is 2. The van der Waals surface area contributed by atoms with E-state index in [2.05, 4.69) is 35.6 Å². The van der Waals surface area contributed by atoms with Gasteiger partial charge in [-0.25, -0.2) is 9.18 Å². The third kappa shape index (κ3) is 3.45. The van der Waals surface area contributed by atoms with Gasteiger partial charge in [0.15, 0.2) is 0 Å². The summed E-state index contributed by atoms with van der Waals surface area (Å²) in [4.78, 5) is 24.5. The Morgan fingerprint density at radius 3 is 2.79 bits per heavy atom. The smallest absolute Gasteiger partial charge is 0.350 e. The molecule has 4 rings (SSSR count). The molecule has 6 heteroatoms. The van der Waals surface area contributed by atoms with Gasteiger partial charge in [0.2, 0.25) is 0 Å². The lowest BCUT2D eigenvalue weighted by molar-refractivity contribution is 0.131. The highest BCUT2D eigenvalue weighted by Crippen LogP contribution is 2.43. The van der Waals surface area contributed by atoms with Gasteiger partial charge >= 0.3 is 6.03 Å². The standard InChI is InChI=1S/C23H33FN4O/c1-4-8-19-11-7-13-27(19)21-23(12-14-26(5-2)17(3)16-23)28(22(29)25-21)20-10-6-9-18(24)15-20/h6,9-10,15,17,19H,4-5,7-8,11-14,16H2,1-3H3/t17-,19?,23+/m0/s1. The summed E-state index contributed by atoms with van der Waals surface area (Å²) in [6.45, 7) is 9.52. The number of amides is 2. The van der Waals surface area contributed by atoms with Crippen LogP contribution in [0.5, 0.6) is 0 Å². The van der Waals surface area contributed by atoms with Gasteiger partial charge in [-0.3, -0.25) is 4.90 Å². The number of carbonyl (C=O) groups excluding carboxylic acids is 1. The lowest BCUT2D eigenvalue weighted by Gasteiger charge is -2.49. The van der Waals surface area contributed by atoms with Crippen molar-refractivity contribution in [3.8, 4) is 0 Å². The first-order valence-corrected chi connectivity index (χ1v) is 11.2. The molecular weight excluding hydrogens is 367 g/mol. The number of amidine groups is 1. The highest BCUT2D eigenvalue weighted by Gasteiger charge is 2.55. The quantitative estimate of drug-likeness (QED) is 0.737. The van der Waals surface area contributed by atoms with Crippen molar-refractivity contribution in [2.45, 2.75) is 76.9 Å². The summed E-state index contributed by atoms with van der Waals surface area (Å²) >= 11 is 0. The van der Waals surface area contributed by atoms with Crippen LogP contribution in [0, 0.1) is 5.82 Å². The topological polar surface area (TPSA) is 39.2 Å². The van der Waals surface area contributed by atoms with Gasteiger partial charge in [0.05, 0.1) is 0 Å². The summed E-state index contributed by atoms with van der Waals surface area (Å²) in [6.07, 6.45) is 6.22. The number of carbonyl (C=O) groups is 1. The zero-order chi connectivity index (χ0) is 20.6. The van der Waals surface area contributed by atoms with Crippen molar-refractivity contribution in [3.05, 3.63) is 30.1 Å². The lowest BCUT2D eigenvalue weighted by atomic mass is 9.80. The molecule has 2 fully saturated rings. The molecule has 1 unspecified atom stereocenters. The molecule has 3 atom stereocenters. The molecule has 0 aliphatic carbocycles. The van der Waals surface area contributed by atoms with Crippen LogP contribution in [0.4, 0.5) is 14.9 Å². The van der Waals surface area contributed by atoms with E-state index in [-0.39, 0.29) is 11.8 Å². The number of hydrogen-bond donors (Lipinski definition) is 0. The summed E-state index contributed by atoms with van der Waals surface area (Å²) in [5.74, 6) is 0.619. The Morgan fingerprint density at radius 2 is 2.10 bits per heavy atom. The molecule has 0 radical (unpaired) electrons. The molecule has 5 nitrogen and oxygen atoms in total. The van der Waals surface area contributed by atoms with Gasteiger partial charge in [0.25, 0.3) is 0 Å². The van der Waals surface area contributed by atoms with Crippen molar-refractivity contribution in [3.63, 3.8) is 0 Å². The summed E-state index contributed by atoms with van der Waals surface area (Å²) in [6, 6.07) is 6.98. The summed E-state index contributed by atoms with van der Waals surface area (Å²) in [5.41, 5.74) is 0.142. The molecule has 3 heterocycles. The van der Waals surface area contributed by atoms with Gasteiger partial charge in [-0.05, 0) is 63.8 Å². The van der Waals surface area contributed by atoms with Gasteiger partial charge in [0, 0.05) is 30.9 Å². The van der Waals surface area contributed by atoms with Gasteiger partial charge in [-0.1, -0.05) is 26.3 Å². The monoisotopic (exact) mass is 400 g/mol. The highest BCUT2D eigenvalue weighted by atomic mass is 19.1. The number of halogens is 1. The van der Waals surface area contributed by atoms with Crippen molar-refractivity contribution < 1.29 is 9.18 Å². The minimum atomic E-state index is -0.480. The number of hydrogen-bond acceptors (Lipinski definition) is 3. The van der Waals surface area contributed by atoms with E-state index in [0.29, 0.717) is 17.8 Å². The van der Waals surface area contributed by atoms with Gasteiger partial charge < -0.3 is 9.80 Å². The fourth-order valence-electron chi connectivity index (χ4n) is 5.72. The molecule has 29 heavy (non-hydrogen) atoms. The van der Waals surface area contributed by atoms with E-state index in [1.807, 2.05) is 6.07 Å².